The third-order valence-electron chi connectivity index (χ3n) is 2.60. The van der Waals surface area contributed by atoms with Crippen LogP contribution in [0.25, 0.3) is 0 Å². The minimum atomic E-state index is -0.320. The second kappa shape index (κ2) is 5.45. The Kier molecular flexibility index (Phi) is 4.46. The molecule has 0 aromatic heterocycles. The van der Waals surface area contributed by atoms with Crippen molar-refractivity contribution in [2.75, 3.05) is 5.32 Å². The Labute approximate surface area is 107 Å². The van der Waals surface area contributed by atoms with Crippen LogP contribution in [-0.4, -0.2) is 10.5 Å². The summed E-state index contributed by atoms with van der Waals surface area (Å²) >= 11 is 4.81. The molecule has 17 heavy (non-hydrogen) atoms. The van der Waals surface area contributed by atoms with Gasteiger partial charge in [0.05, 0.1) is 5.69 Å². The van der Waals surface area contributed by atoms with Gasteiger partial charge in [0.25, 0.3) is 0 Å². The summed E-state index contributed by atoms with van der Waals surface area (Å²) in [6, 6.07) is 4.78. The molecule has 1 aromatic rings. The molecule has 0 amide bonds. The van der Waals surface area contributed by atoms with E-state index >= 15 is 0 Å². The van der Waals surface area contributed by atoms with Crippen molar-refractivity contribution in [2.24, 2.45) is 5.73 Å². The molecule has 0 saturated heterocycles. The van der Waals surface area contributed by atoms with Gasteiger partial charge in [-0.05, 0) is 38.5 Å². The molecule has 0 saturated carbocycles. The van der Waals surface area contributed by atoms with Gasteiger partial charge in [-0.25, -0.2) is 4.39 Å². The fourth-order valence-corrected chi connectivity index (χ4v) is 1.95. The molecule has 3 N–H and O–H groups in total. The Morgan fingerprint density at radius 1 is 1.47 bits per heavy atom. The first-order chi connectivity index (χ1) is 7.85. The molecule has 0 bridgehead atoms. The Balaban J connectivity index is 2.90. The predicted octanol–water partition coefficient (Wildman–Crippen LogP) is 3.45. The maximum atomic E-state index is 13.8. The average Bonchev–Trinajstić information content (AvgIpc) is 2.20. The van der Waals surface area contributed by atoms with Crippen molar-refractivity contribution in [3.63, 3.8) is 0 Å². The van der Waals surface area contributed by atoms with Crippen molar-refractivity contribution >= 4 is 22.9 Å². The number of rotatable bonds is 5. The van der Waals surface area contributed by atoms with E-state index in [-0.39, 0.29) is 16.3 Å². The molecule has 0 spiro atoms. The summed E-state index contributed by atoms with van der Waals surface area (Å²) in [6.45, 7) is 6.21. The molecule has 0 atom stereocenters. The topological polar surface area (TPSA) is 38.0 Å². The van der Waals surface area contributed by atoms with E-state index in [0.717, 1.165) is 12.8 Å². The summed E-state index contributed by atoms with van der Waals surface area (Å²) in [4.78, 5) is 0.211. The lowest BCUT2D eigenvalue weighted by atomic mass is 9.98. The Hall–Kier alpha value is -1.16. The summed E-state index contributed by atoms with van der Waals surface area (Å²) in [6.07, 6.45) is 2.02. The summed E-state index contributed by atoms with van der Waals surface area (Å²) in [5.41, 5.74) is 6.37. The van der Waals surface area contributed by atoms with Gasteiger partial charge in [0.2, 0.25) is 0 Å². The number of hydrogen-bond donors (Lipinski definition) is 2. The van der Waals surface area contributed by atoms with Gasteiger partial charge in [-0.2, -0.15) is 0 Å². The second-order valence-electron chi connectivity index (χ2n) is 4.82. The van der Waals surface area contributed by atoms with E-state index < -0.39 is 0 Å². The van der Waals surface area contributed by atoms with Crippen molar-refractivity contribution in [1.82, 2.24) is 0 Å². The van der Waals surface area contributed by atoms with Crippen LogP contribution in [0.5, 0.6) is 0 Å². The Morgan fingerprint density at radius 3 is 2.59 bits per heavy atom. The third-order valence-corrected chi connectivity index (χ3v) is 2.84. The van der Waals surface area contributed by atoms with Gasteiger partial charge in [0.1, 0.15) is 10.8 Å². The van der Waals surface area contributed by atoms with Gasteiger partial charge in [-0.15, -0.1) is 0 Å². The van der Waals surface area contributed by atoms with E-state index in [2.05, 4.69) is 26.1 Å². The highest BCUT2D eigenvalue weighted by Gasteiger charge is 2.17. The van der Waals surface area contributed by atoms with Crippen LogP contribution >= 0.6 is 12.2 Å². The van der Waals surface area contributed by atoms with Gasteiger partial charge in [-0.1, -0.05) is 25.6 Å². The molecule has 0 aliphatic heterocycles. The molecule has 0 unspecified atom stereocenters. The van der Waals surface area contributed by atoms with Crippen LogP contribution in [0.2, 0.25) is 0 Å². The quantitative estimate of drug-likeness (QED) is 0.790. The normalized spacial score (nSPS) is 11.3. The zero-order chi connectivity index (χ0) is 13.1. The minimum Gasteiger partial charge on any atom is -0.389 e. The SMILES string of the molecule is CCCC(C)(C)Nc1ccc(C(N)=S)cc1F. The van der Waals surface area contributed by atoms with E-state index in [1.807, 2.05) is 0 Å². The van der Waals surface area contributed by atoms with Crippen LogP contribution in [0.3, 0.4) is 0 Å². The van der Waals surface area contributed by atoms with Crippen LogP contribution in [0.1, 0.15) is 39.2 Å². The van der Waals surface area contributed by atoms with E-state index in [0.29, 0.717) is 11.3 Å². The lowest BCUT2D eigenvalue weighted by Crippen LogP contribution is -2.31. The zero-order valence-electron chi connectivity index (χ0n) is 10.5. The van der Waals surface area contributed by atoms with Crippen LogP contribution in [0, 0.1) is 5.82 Å². The monoisotopic (exact) mass is 254 g/mol. The summed E-state index contributed by atoms with van der Waals surface area (Å²) in [7, 11) is 0. The van der Waals surface area contributed by atoms with Gasteiger partial charge >= 0.3 is 0 Å². The smallest absolute Gasteiger partial charge is 0.146 e. The average molecular weight is 254 g/mol. The molecule has 0 aliphatic carbocycles. The van der Waals surface area contributed by atoms with E-state index in [4.69, 9.17) is 18.0 Å². The highest BCUT2D eigenvalue weighted by molar-refractivity contribution is 7.80. The van der Waals surface area contributed by atoms with Crippen molar-refractivity contribution in [1.29, 1.82) is 0 Å². The van der Waals surface area contributed by atoms with Crippen molar-refractivity contribution in [3.05, 3.63) is 29.6 Å². The molecule has 4 heteroatoms. The molecule has 0 fully saturated rings. The van der Waals surface area contributed by atoms with E-state index in [9.17, 15) is 4.39 Å². The van der Waals surface area contributed by atoms with Gasteiger partial charge in [-0.3, -0.25) is 0 Å². The van der Waals surface area contributed by atoms with Gasteiger partial charge < -0.3 is 11.1 Å². The molecule has 94 valence electrons. The Bertz CT molecular complexity index is 416. The fourth-order valence-electron chi connectivity index (χ4n) is 1.82. The number of nitrogens with one attached hydrogen (secondary N) is 1. The lowest BCUT2D eigenvalue weighted by molar-refractivity contribution is 0.505. The molecule has 2 nitrogen and oxygen atoms in total. The molecular formula is C13H19FN2S. The Morgan fingerprint density at radius 2 is 2.12 bits per heavy atom. The largest absolute Gasteiger partial charge is 0.389 e. The molecule has 0 aliphatic rings. The van der Waals surface area contributed by atoms with Crippen molar-refractivity contribution in [2.45, 2.75) is 39.2 Å². The summed E-state index contributed by atoms with van der Waals surface area (Å²) in [5, 5.41) is 3.19. The maximum Gasteiger partial charge on any atom is 0.146 e. The minimum absolute atomic E-state index is 0.125. The molecule has 0 heterocycles. The standard InChI is InChI=1S/C13H19FN2S/c1-4-7-13(2,3)16-11-6-5-9(12(15)17)8-10(11)14/h5-6,8,16H,4,7H2,1-3H3,(H2,15,17). The van der Waals surface area contributed by atoms with Crippen LogP contribution in [0.15, 0.2) is 18.2 Å². The molecule has 1 aromatic carbocycles. The van der Waals surface area contributed by atoms with Crippen LogP contribution in [-0.2, 0) is 0 Å². The maximum absolute atomic E-state index is 13.8. The van der Waals surface area contributed by atoms with E-state index in [1.54, 1.807) is 12.1 Å². The fraction of sp³-hybridized carbons (Fsp3) is 0.462. The first kappa shape index (κ1) is 13.9. The third kappa shape index (κ3) is 3.97. The second-order valence-corrected chi connectivity index (χ2v) is 5.26. The van der Waals surface area contributed by atoms with Crippen molar-refractivity contribution < 1.29 is 4.39 Å². The number of hydrogen-bond acceptors (Lipinski definition) is 2. The first-order valence-electron chi connectivity index (χ1n) is 5.73. The highest BCUT2D eigenvalue weighted by Crippen LogP contribution is 2.23. The van der Waals surface area contributed by atoms with E-state index in [1.165, 1.54) is 6.07 Å². The zero-order valence-corrected chi connectivity index (χ0v) is 11.3. The number of anilines is 1. The van der Waals surface area contributed by atoms with Crippen LogP contribution < -0.4 is 11.1 Å². The van der Waals surface area contributed by atoms with Crippen molar-refractivity contribution in [3.8, 4) is 0 Å². The van der Waals surface area contributed by atoms with Gasteiger partial charge in [0, 0.05) is 11.1 Å². The van der Waals surface area contributed by atoms with Gasteiger partial charge in [0.15, 0.2) is 0 Å². The first-order valence-corrected chi connectivity index (χ1v) is 6.14. The number of benzene rings is 1. The molecule has 0 radical (unpaired) electrons. The highest BCUT2D eigenvalue weighted by atomic mass is 32.1. The number of nitrogens with two attached hydrogens (primary N) is 1. The summed E-state index contributed by atoms with van der Waals surface area (Å²) < 4.78 is 13.8. The predicted molar refractivity (Wildman–Crippen MR) is 74.9 cm³/mol. The number of halogens is 1. The lowest BCUT2D eigenvalue weighted by Gasteiger charge is -2.27. The summed E-state index contributed by atoms with van der Waals surface area (Å²) in [5.74, 6) is -0.320. The molecular weight excluding hydrogens is 235 g/mol. The number of thiocarbonyl (C=S) groups is 1. The molecule has 1 rings (SSSR count). The van der Waals surface area contributed by atoms with Crippen LogP contribution in [0.4, 0.5) is 10.1 Å².